The maximum atomic E-state index is 12.3. The monoisotopic (exact) mass is 286 g/mol. The molecule has 2 aromatic rings. The summed E-state index contributed by atoms with van der Waals surface area (Å²) in [6.45, 7) is 3.93. The van der Waals surface area contributed by atoms with Gasteiger partial charge in [0.25, 0.3) is 0 Å². The van der Waals surface area contributed by atoms with Gasteiger partial charge in [0.05, 0.1) is 6.61 Å². The van der Waals surface area contributed by atoms with Crippen LogP contribution in [-0.2, 0) is 4.74 Å². The maximum Gasteiger partial charge on any atom is 0.321 e. The highest BCUT2D eigenvalue weighted by atomic mass is 16.5. The molecule has 2 aromatic carbocycles. The molecule has 0 aliphatic rings. The number of nitrogens with zero attached hydrogens (tertiary/aromatic N) is 1. The van der Waals surface area contributed by atoms with E-state index in [1.54, 1.807) is 12.0 Å². The van der Waals surface area contributed by atoms with E-state index in [0.29, 0.717) is 13.2 Å². The summed E-state index contributed by atoms with van der Waals surface area (Å²) in [7, 11) is 1.64. The Bertz CT molecular complexity index is 598. The number of methoxy groups -OCH3 is 1. The van der Waals surface area contributed by atoms with Gasteiger partial charge in [-0.25, -0.2) is 4.79 Å². The van der Waals surface area contributed by atoms with Crippen molar-refractivity contribution in [1.29, 1.82) is 0 Å². The zero-order chi connectivity index (χ0) is 15.1. The van der Waals surface area contributed by atoms with Gasteiger partial charge in [-0.2, -0.15) is 0 Å². The van der Waals surface area contributed by atoms with E-state index in [9.17, 15) is 4.79 Å². The van der Waals surface area contributed by atoms with Gasteiger partial charge < -0.3 is 15.0 Å². The fraction of sp³-hybridized carbons (Fsp3) is 0.353. The fourth-order valence-corrected chi connectivity index (χ4v) is 2.26. The van der Waals surface area contributed by atoms with Crippen molar-refractivity contribution in [3.05, 3.63) is 42.5 Å². The molecule has 0 spiro atoms. The summed E-state index contributed by atoms with van der Waals surface area (Å²) in [6.07, 6.45) is 0.925. The SMILES string of the molecule is CCCN(CCOC)C(=O)Nc1ccc2ccccc2c1. The summed E-state index contributed by atoms with van der Waals surface area (Å²) in [5.74, 6) is 0. The number of urea groups is 1. The number of nitrogens with one attached hydrogen (secondary N) is 1. The summed E-state index contributed by atoms with van der Waals surface area (Å²) in [4.78, 5) is 14.1. The summed E-state index contributed by atoms with van der Waals surface area (Å²) in [5.41, 5.74) is 0.817. The number of anilines is 1. The normalized spacial score (nSPS) is 10.6. The molecule has 2 rings (SSSR count). The van der Waals surface area contributed by atoms with Crippen LogP contribution in [0.15, 0.2) is 42.5 Å². The standard InChI is InChI=1S/C17H22N2O2/c1-3-10-19(11-12-21-2)17(20)18-16-9-8-14-6-4-5-7-15(14)13-16/h4-9,13H,3,10-12H2,1-2H3,(H,18,20). The van der Waals surface area contributed by atoms with Crippen LogP contribution in [0.25, 0.3) is 10.8 Å². The third-order valence-corrected chi connectivity index (χ3v) is 3.35. The third-order valence-electron chi connectivity index (χ3n) is 3.35. The number of hydrogen-bond acceptors (Lipinski definition) is 2. The molecule has 0 aromatic heterocycles. The van der Waals surface area contributed by atoms with Gasteiger partial charge in [0, 0.05) is 25.9 Å². The highest BCUT2D eigenvalue weighted by Gasteiger charge is 2.12. The lowest BCUT2D eigenvalue weighted by atomic mass is 10.1. The number of carbonyl (C=O) groups excluding carboxylic acids is 1. The van der Waals surface area contributed by atoms with E-state index in [0.717, 1.165) is 24.0 Å². The average molecular weight is 286 g/mol. The molecule has 0 unspecified atom stereocenters. The molecule has 0 radical (unpaired) electrons. The first-order valence-corrected chi connectivity index (χ1v) is 7.28. The predicted molar refractivity (Wildman–Crippen MR) is 86.7 cm³/mol. The lowest BCUT2D eigenvalue weighted by Crippen LogP contribution is -2.37. The molecule has 4 heteroatoms. The number of rotatable bonds is 6. The number of fused-ring (bicyclic) bond motifs is 1. The molecule has 4 nitrogen and oxygen atoms in total. The van der Waals surface area contributed by atoms with Crippen LogP contribution < -0.4 is 5.32 Å². The Kier molecular flexibility index (Phi) is 5.58. The van der Waals surface area contributed by atoms with E-state index in [1.165, 1.54) is 5.39 Å². The van der Waals surface area contributed by atoms with Crippen molar-refractivity contribution in [2.75, 3.05) is 32.1 Å². The Hall–Kier alpha value is -2.07. The van der Waals surface area contributed by atoms with Crippen LogP contribution in [0, 0.1) is 0 Å². The molecule has 2 amide bonds. The number of hydrogen-bond donors (Lipinski definition) is 1. The first-order chi connectivity index (χ1) is 10.2. The van der Waals surface area contributed by atoms with Crippen molar-refractivity contribution in [3.8, 4) is 0 Å². The number of ether oxygens (including phenoxy) is 1. The Labute approximate surface area is 125 Å². The van der Waals surface area contributed by atoms with Gasteiger partial charge in [-0.3, -0.25) is 0 Å². The van der Waals surface area contributed by atoms with Crippen LogP contribution in [0.4, 0.5) is 10.5 Å². The summed E-state index contributed by atoms with van der Waals surface area (Å²) < 4.78 is 5.06. The zero-order valence-corrected chi connectivity index (χ0v) is 12.6. The van der Waals surface area contributed by atoms with Gasteiger partial charge in [0.2, 0.25) is 0 Å². The van der Waals surface area contributed by atoms with E-state index in [4.69, 9.17) is 4.74 Å². The quantitative estimate of drug-likeness (QED) is 0.879. The van der Waals surface area contributed by atoms with E-state index >= 15 is 0 Å². The van der Waals surface area contributed by atoms with Gasteiger partial charge in [0.1, 0.15) is 0 Å². The zero-order valence-electron chi connectivity index (χ0n) is 12.6. The lowest BCUT2D eigenvalue weighted by Gasteiger charge is -2.22. The van der Waals surface area contributed by atoms with Gasteiger partial charge in [-0.05, 0) is 29.3 Å². The molecule has 0 aliphatic heterocycles. The minimum absolute atomic E-state index is 0.0795. The van der Waals surface area contributed by atoms with Gasteiger partial charge in [0.15, 0.2) is 0 Å². The van der Waals surface area contributed by atoms with Crippen LogP contribution >= 0.6 is 0 Å². The second kappa shape index (κ2) is 7.64. The van der Waals surface area contributed by atoms with Crippen molar-refractivity contribution in [1.82, 2.24) is 4.90 Å². The molecule has 0 aliphatic carbocycles. The van der Waals surface area contributed by atoms with Crippen LogP contribution in [0.2, 0.25) is 0 Å². The summed E-state index contributed by atoms with van der Waals surface area (Å²) in [6, 6.07) is 14.0. The Morgan fingerprint density at radius 3 is 2.62 bits per heavy atom. The van der Waals surface area contributed by atoms with Crippen LogP contribution in [0.3, 0.4) is 0 Å². The molecular weight excluding hydrogens is 264 g/mol. The van der Waals surface area contributed by atoms with Gasteiger partial charge in [-0.1, -0.05) is 37.3 Å². The maximum absolute atomic E-state index is 12.3. The number of benzene rings is 2. The molecule has 1 N–H and O–H groups in total. The molecule has 112 valence electrons. The molecular formula is C17H22N2O2. The number of carbonyl (C=O) groups is 1. The topological polar surface area (TPSA) is 41.6 Å². The van der Waals surface area contributed by atoms with Crippen molar-refractivity contribution in [2.45, 2.75) is 13.3 Å². The van der Waals surface area contributed by atoms with Gasteiger partial charge in [-0.15, -0.1) is 0 Å². The lowest BCUT2D eigenvalue weighted by molar-refractivity contribution is 0.155. The van der Waals surface area contributed by atoms with E-state index in [1.807, 2.05) is 36.4 Å². The van der Waals surface area contributed by atoms with Crippen molar-refractivity contribution >= 4 is 22.5 Å². The van der Waals surface area contributed by atoms with E-state index in [2.05, 4.69) is 18.3 Å². The van der Waals surface area contributed by atoms with E-state index in [-0.39, 0.29) is 6.03 Å². The largest absolute Gasteiger partial charge is 0.383 e. The smallest absolute Gasteiger partial charge is 0.321 e. The molecule has 0 fully saturated rings. The fourth-order valence-electron chi connectivity index (χ4n) is 2.26. The average Bonchev–Trinajstić information content (AvgIpc) is 2.51. The summed E-state index contributed by atoms with van der Waals surface area (Å²) in [5, 5.41) is 5.25. The molecule has 0 atom stereocenters. The highest BCUT2D eigenvalue weighted by molar-refractivity contribution is 5.93. The molecule has 0 heterocycles. The highest BCUT2D eigenvalue weighted by Crippen LogP contribution is 2.19. The molecule has 21 heavy (non-hydrogen) atoms. The molecule has 0 bridgehead atoms. The molecule has 0 saturated heterocycles. The first kappa shape index (κ1) is 15.3. The predicted octanol–water partition coefficient (Wildman–Crippen LogP) is 3.73. The van der Waals surface area contributed by atoms with Crippen molar-refractivity contribution < 1.29 is 9.53 Å². The molecule has 0 saturated carbocycles. The minimum atomic E-state index is -0.0795. The van der Waals surface area contributed by atoms with Crippen molar-refractivity contribution in [3.63, 3.8) is 0 Å². The van der Waals surface area contributed by atoms with Crippen molar-refractivity contribution in [2.24, 2.45) is 0 Å². The first-order valence-electron chi connectivity index (χ1n) is 7.28. The summed E-state index contributed by atoms with van der Waals surface area (Å²) >= 11 is 0. The van der Waals surface area contributed by atoms with Gasteiger partial charge >= 0.3 is 6.03 Å². The Morgan fingerprint density at radius 1 is 1.14 bits per heavy atom. The van der Waals surface area contributed by atoms with Crippen LogP contribution in [0.5, 0.6) is 0 Å². The third kappa shape index (κ3) is 4.20. The van der Waals surface area contributed by atoms with E-state index < -0.39 is 0 Å². The second-order valence-corrected chi connectivity index (χ2v) is 4.97. The Morgan fingerprint density at radius 2 is 1.90 bits per heavy atom. The number of amides is 2. The second-order valence-electron chi connectivity index (χ2n) is 4.97. The van der Waals surface area contributed by atoms with Crippen LogP contribution in [0.1, 0.15) is 13.3 Å². The van der Waals surface area contributed by atoms with Crippen LogP contribution in [-0.4, -0.2) is 37.7 Å². The Balaban J connectivity index is 2.08. The minimum Gasteiger partial charge on any atom is -0.383 e.